The van der Waals surface area contributed by atoms with Gasteiger partial charge in [-0.05, 0) is 48.6 Å². The van der Waals surface area contributed by atoms with Gasteiger partial charge in [-0.2, -0.15) is 0 Å². The van der Waals surface area contributed by atoms with Gasteiger partial charge in [0.2, 0.25) is 0 Å². The van der Waals surface area contributed by atoms with Crippen LogP contribution in [-0.2, 0) is 4.79 Å². The molecule has 1 atom stereocenters. The van der Waals surface area contributed by atoms with Crippen molar-refractivity contribution in [3.63, 3.8) is 0 Å². The molecule has 1 aliphatic carbocycles. The third-order valence-electron chi connectivity index (χ3n) is 4.49. The van der Waals surface area contributed by atoms with E-state index in [1.807, 2.05) is 18.3 Å². The molecular formula is C17H15FN2O. The number of nitrogens with one attached hydrogen (secondary N) is 2. The Bertz CT molecular complexity index is 774. The van der Waals surface area contributed by atoms with E-state index in [4.69, 9.17) is 0 Å². The molecule has 2 aromatic rings. The van der Waals surface area contributed by atoms with Crippen LogP contribution >= 0.6 is 0 Å². The Labute approximate surface area is 121 Å². The zero-order valence-corrected chi connectivity index (χ0v) is 11.7. The number of amides is 1. The van der Waals surface area contributed by atoms with Crippen LogP contribution in [0.4, 0.5) is 10.1 Å². The van der Waals surface area contributed by atoms with Crippen molar-refractivity contribution >= 4 is 22.7 Å². The second-order valence-corrected chi connectivity index (χ2v) is 5.58. The molecule has 4 rings (SSSR count). The topological polar surface area (TPSA) is 44.9 Å². The summed E-state index contributed by atoms with van der Waals surface area (Å²) in [5.74, 6) is -0.231. The van der Waals surface area contributed by atoms with Crippen molar-refractivity contribution in [3.8, 4) is 0 Å². The summed E-state index contributed by atoms with van der Waals surface area (Å²) < 4.78 is 14.3. The number of aromatic amines is 1. The molecule has 0 radical (unpaired) electrons. The van der Waals surface area contributed by atoms with Gasteiger partial charge in [-0.1, -0.05) is 6.92 Å². The first-order valence-electron chi connectivity index (χ1n) is 7.21. The minimum atomic E-state index is -0.208. The average molecular weight is 282 g/mol. The number of hydrogen-bond donors (Lipinski definition) is 2. The summed E-state index contributed by atoms with van der Waals surface area (Å²) in [7, 11) is 0. The molecule has 0 fully saturated rings. The molecule has 2 aliphatic rings. The predicted molar refractivity (Wildman–Crippen MR) is 80.3 cm³/mol. The number of aromatic nitrogens is 1. The summed E-state index contributed by atoms with van der Waals surface area (Å²) in [4.78, 5) is 15.5. The van der Waals surface area contributed by atoms with E-state index in [9.17, 15) is 9.18 Å². The minimum Gasteiger partial charge on any atom is -0.361 e. The van der Waals surface area contributed by atoms with Crippen LogP contribution in [0.1, 0.15) is 42.5 Å². The minimum absolute atomic E-state index is 0.106. The van der Waals surface area contributed by atoms with E-state index in [0.29, 0.717) is 17.6 Å². The Morgan fingerprint density at radius 3 is 2.90 bits per heavy atom. The fourth-order valence-corrected chi connectivity index (χ4v) is 3.51. The largest absolute Gasteiger partial charge is 0.361 e. The zero-order chi connectivity index (χ0) is 14.6. The number of allylic oxidation sites excluding steroid dienone is 1. The molecule has 4 heteroatoms. The maximum absolute atomic E-state index is 14.3. The van der Waals surface area contributed by atoms with E-state index in [1.165, 1.54) is 6.07 Å². The third kappa shape index (κ3) is 1.62. The number of anilines is 1. The average Bonchev–Trinajstić information content (AvgIpc) is 3.12. The van der Waals surface area contributed by atoms with Crippen LogP contribution in [0.25, 0.3) is 11.1 Å². The van der Waals surface area contributed by atoms with E-state index >= 15 is 0 Å². The van der Waals surface area contributed by atoms with Gasteiger partial charge in [-0.15, -0.1) is 0 Å². The summed E-state index contributed by atoms with van der Waals surface area (Å²) in [5, 5.41) is 2.87. The fraction of sp³-hybridized carbons (Fsp3) is 0.235. The number of H-pyrrole nitrogens is 1. The first-order valence-corrected chi connectivity index (χ1v) is 7.21. The van der Waals surface area contributed by atoms with Crippen molar-refractivity contribution in [2.24, 2.45) is 0 Å². The number of halogens is 1. The summed E-state index contributed by atoms with van der Waals surface area (Å²) in [6, 6.07) is 6.99. The van der Waals surface area contributed by atoms with Gasteiger partial charge in [0.25, 0.3) is 5.91 Å². The molecule has 2 heterocycles. The predicted octanol–water partition coefficient (Wildman–Crippen LogP) is 3.91. The summed E-state index contributed by atoms with van der Waals surface area (Å²) in [6.45, 7) is 2.06. The molecule has 21 heavy (non-hydrogen) atoms. The van der Waals surface area contributed by atoms with Gasteiger partial charge in [0.15, 0.2) is 0 Å². The number of carbonyl (C=O) groups is 1. The smallest absolute Gasteiger partial charge is 0.256 e. The van der Waals surface area contributed by atoms with Crippen molar-refractivity contribution in [1.82, 2.24) is 4.98 Å². The number of carbonyl (C=O) groups excluding carboxylic acids is 1. The first kappa shape index (κ1) is 12.4. The van der Waals surface area contributed by atoms with E-state index in [2.05, 4.69) is 17.2 Å². The molecule has 2 N–H and O–H groups in total. The molecule has 106 valence electrons. The van der Waals surface area contributed by atoms with Gasteiger partial charge < -0.3 is 10.3 Å². The lowest BCUT2D eigenvalue weighted by Gasteiger charge is -2.26. The molecule has 0 saturated carbocycles. The van der Waals surface area contributed by atoms with Crippen LogP contribution in [0.2, 0.25) is 0 Å². The SMILES string of the molecule is CCC1CC(c2ccc[nH]2)=C2C(=O)Nc3ccc(F)c1c32. The highest BCUT2D eigenvalue weighted by Crippen LogP contribution is 2.50. The molecular weight excluding hydrogens is 267 g/mol. The van der Waals surface area contributed by atoms with Gasteiger partial charge in [0.1, 0.15) is 5.82 Å². The Morgan fingerprint density at radius 2 is 2.19 bits per heavy atom. The van der Waals surface area contributed by atoms with Crippen LogP contribution in [0.15, 0.2) is 30.5 Å². The lowest BCUT2D eigenvalue weighted by Crippen LogP contribution is -2.14. The van der Waals surface area contributed by atoms with Gasteiger partial charge in [0.05, 0.1) is 5.57 Å². The maximum atomic E-state index is 14.3. The monoisotopic (exact) mass is 282 g/mol. The molecule has 3 nitrogen and oxygen atoms in total. The highest BCUT2D eigenvalue weighted by molar-refractivity contribution is 6.37. The van der Waals surface area contributed by atoms with E-state index < -0.39 is 0 Å². The first-order chi connectivity index (χ1) is 10.2. The van der Waals surface area contributed by atoms with Gasteiger partial charge in [-0.3, -0.25) is 4.79 Å². The van der Waals surface area contributed by atoms with Gasteiger partial charge >= 0.3 is 0 Å². The van der Waals surface area contributed by atoms with Crippen molar-refractivity contribution in [1.29, 1.82) is 0 Å². The summed E-state index contributed by atoms with van der Waals surface area (Å²) in [5.41, 5.74) is 4.75. The lowest BCUT2D eigenvalue weighted by atomic mass is 9.77. The summed E-state index contributed by atoms with van der Waals surface area (Å²) in [6.07, 6.45) is 3.38. The number of hydrogen-bond acceptors (Lipinski definition) is 1. The second-order valence-electron chi connectivity index (χ2n) is 5.58. The van der Waals surface area contributed by atoms with Gasteiger partial charge in [0, 0.05) is 28.7 Å². The fourth-order valence-electron chi connectivity index (χ4n) is 3.51. The highest BCUT2D eigenvalue weighted by Gasteiger charge is 2.38. The third-order valence-corrected chi connectivity index (χ3v) is 4.49. The lowest BCUT2D eigenvalue weighted by molar-refractivity contribution is -0.110. The molecule has 1 amide bonds. The molecule has 0 spiro atoms. The Morgan fingerprint density at radius 1 is 1.33 bits per heavy atom. The molecule has 1 aromatic carbocycles. The quantitative estimate of drug-likeness (QED) is 0.861. The Balaban J connectivity index is 2.06. The van der Waals surface area contributed by atoms with Crippen molar-refractivity contribution in [2.45, 2.75) is 25.7 Å². The van der Waals surface area contributed by atoms with E-state index in [-0.39, 0.29) is 17.6 Å². The van der Waals surface area contributed by atoms with E-state index in [0.717, 1.165) is 28.9 Å². The maximum Gasteiger partial charge on any atom is 0.256 e. The molecule has 0 bridgehead atoms. The van der Waals surface area contributed by atoms with Crippen LogP contribution in [0.3, 0.4) is 0 Å². The Kier molecular flexibility index (Phi) is 2.55. The Hall–Kier alpha value is -2.36. The van der Waals surface area contributed by atoms with E-state index in [1.54, 1.807) is 6.07 Å². The zero-order valence-electron chi connectivity index (χ0n) is 11.7. The number of benzene rings is 1. The standard InChI is InChI=1S/C17H15FN2O/c1-2-9-8-10(12-4-3-7-19-12)15-16-13(20-17(15)21)6-5-11(18)14(9)16/h3-7,9,19H,2,8H2,1H3,(H,20,21). The molecule has 0 saturated heterocycles. The van der Waals surface area contributed by atoms with Crippen LogP contribution in [-0.4, -0.2) is 10.9 Å². The van der Waals surface area contributed by atoms with Crippen LogP contribution in [0.5, 0.6) is 0 Å². The number of rotatable bonds is 2. The summed E-state index contributed by atoms with van der Waals surface area (Å²) >= 11 is 0. The van der Waals surface area contributed by atoms with Crippen LogP contribution < -0.4 is 5.32 Å². The molecule has 1 aliphatic heterocycles. The normalized spacial score (nSPS) is 19.7. The van der Waals surface area contributed by atoms with Crippen LogP contribution in [0, 0.1) is 5.82 Å². The molecule has 1 aromatic heterocycles. The van der Waals surface area contributed by atoms with Crippen molar-refractivity contribution < 1.29 is 9.18 Å². The molecule has 1 unspecified atom stereocenters. The second kappa shape index (κ2) is 4.32. The van der Waals surface area contributed by atoms with Crippen molar-refractivity contribution in [2.75, 3.05) is 5.32 Å². The van der Waals surface area contributed by atoms with Crippen molar-refractivity contribution in [3.05, 3.63) is 53.1 Å². The highest BCUT2D eigenvalue weighted by atomic mass is 19.1. The van der Waals surface area contributed by atoms with Gasteiger partial charge in [-0.25, -0.2) is 4.39 Å².